The summed E-state index contributed by atoms with van der Waals surface area (Å²) in [5, 5.41) is 3.01. The fourth-order valence-electron chi connectivity index (χ4n) is 1.17. The molecule has 1 aliphatic heterocycles. The molecule has 0 aromatic rings. The van der Waals surface area contributed by atoms with E-state index < -0.39 is 6.29 Å². The lowest BCUT2D eigenvalue weighted by Crippen LogP contribution is -2.30. The molecule has 13 heavy (non-hydrogen) atoms. The number of nitrogens with zero attached hydrogens (tertiary/aromatic N) is 1. The first-order chi connectivity index (χ1) is 6.27. The van der Waals surface area contributed by atoms with Crippen molar-refractivity contribution in [2.75, 3.05) is 27.3 Å². The highest BCUT2D eigenvalue weighted by molar-refractivity contribution is 6.02. The van der Waals surface area contributed by atoms with E-state index in [0.29, 0.717) is 0 Å². The summed E-state index contributed by atoms with van der Waals surface area (Å²) >= 11 is 0. The lowest BCUT2D eigenvalue weighted by atomic mass is 10.2. The molecule has 0 unspecified atom stereocenters. The molecular weight excluding hydrogens is 172 g/mol. The van der Waals surface area contributed by atoms with E-state index in [1.807, 2.05) is 0 Å². The van der Waals surface area contributed by atoms with Crippen molar-refractivity contribution in [3.05, 3.63) is 0 Å². The lowest BCUT2D eigenvalue weighted by molar-refractivity contribution is -0.155. The van der Waals surface area contributed by atoms with Crippen LogP contribution in [0.2, 0.25) is 0 Å². The normalized spacial score (nSPS) is 15.8. The third kappa shape index (κ3) is 2.78. The quantitative estimate of drug-likeness (QED) is 0.592. The van der Waals surface area contributed by atoms with Gasteiger partial charge in [0.2, 0.25) is 6.29 Å². The molecule has 0 spiro atoms. The number of hydrogen-bond donors (Lipinski definition) is 1. The van der Waals surface area contributed by atoms with Crippen LogP contribution >= 0.6 is 0 Å². The van der Waals surface area contributed by atoms with Crippen LogP contribution < -0.4 is 5.32 Å². The second-order valence-corrected chi connectivity index (χ2v) is 2.70. The molecule has 74 valence electrons. The summed E-state index contributed by atoms with van der Waals surface area (Å²) in [5.74, 6) is 0.613. The summed E-state index contributed by atoms with van der Waals surface area (Å²) < 4.78 is 9.63. The van der Waals surface area contributed by atoms with Gasteiger partial charge >= 0.3 is 0 Å². The highest BCUT2D eigenvalue weighted by atomic mass is 16.7. The fourth-order valence-corrected chi connectivity index (χ4v) is 1.17. The first kappa shape index (κ1) is 10.1. The van der Waals surface area contributed by atoms with Crippen LogP contribution in [0, 0.1) is 0 Å². The van der Waals surface area contributed by atoms with Gasteiger partial charge < -0.3 is 14.8 Å². The molecule has 5 heteroatoms. The van der Waals surface area contributed by atoms with Gasteiger partial charge in [-0.25, -0.2) is 0 Å². The van der Waals surface area contributed by atoms with Gasteiger partial charge in [-0.2, -0.15) is 0 Å². The van der Waals surface area contributed by atoms with Crippen molar-refractivity contribution in [3.63, 3.8) is 0 Å². The zero-order valence-corrected chi connectivity index (χ0v) is 7.87. The minimum atomic E-state index is -0.773. The largest absolute Gasteiger partial charge is 0.372 e. The average Bonchev–Trinajstić information content (AvgIpc) is 2.59. The van der Waals surface area contributed by atoms with Gasteiger partial charge in [0, 0.05) is 20.8 Å². The number of Topliss-reactive ketones (excluding diaryl/α,β-unsaturated/α-hetero) is 1. The van der Waals surface area contributed by atoms with Crippen molar-refractivity contribution in [3.8, 4) is 0 Å². The van der Waals surface area contributed by atoms with E-state index in [4.69, 9.17) is 9.47 Å². The van der Waals surface area contributed by atoms with E-state index in [1.54, 1.807) is 0 Å². The Hall–Kier alpha value is -0.940. The molecule has 0 amide bonds. The summed E-state index contributed by atoms with van der Waals surface area (Å²) in [5.41, 5.74) is 0. The van der Waals surface area contributed by atoms with Crippen LogP contribution in [-0.4, -0.2) is 45.2 Å². The maximum Gasteiger partial charge on any atom is 0.217 e. The summed E-state index contributed by atoms with van der Waals surface area (Å²) in [4.78, 5) is 15.5. The van der Waals surface area contributed by atoms with Crippen molar-refractivity contribution in [1.82, 2.24) is 5.32 Å². The second-order valence-electron chi connectivity index (χ2n) is 2.70. The lowest BCUT2D eigenvalue weighted by Gasteiger charge is -2.11. The summed E-state index contributed by atoms with van der Waals surface area (Å²) in [6.07, 6.45) is -0.517. The molecule has 0 aromatic heterocycles. The molecule has 0 saturated heterocycles. The predicted octanol–water partition coefficient (Wildman–Crippen LogP) is -0.434. The summed E-state index contributed by atoms with van der Waals surface area (Å²) in [6.45, 7) is 1.56. The van der Waals surface area contributed by atoms with E-state index in [9.17, 15) is 4.79 Å². The van der Waals surface area contributed by atoms with Gasteiger partial charge in [0.1, 0.15) is 5.84 Å². The Bertz CT molecular complexity index is 211. The minimum absolute atomic E-state index is 0.113. The molecule has 1 heterocycles. The van der Waals surface area contributed by atoms with Crippen LogP contribution in [0.15, 0.2) is 4.99 Å². The van der Waals surface area contributed by atoms with E-state index in [2.05, 4.69) is 10.3 Å². The number of amidine groups is 1. The molecule has 0 aliphatic carbocycles. The average molecular weight is 186 g/mol. The maximum absolute atomic E-state index is 11.4. The first-order valence-corrected chi connectivity index (χ1v) is 4.13. The zero-order valence-electron chi connectivity index (χ0n) is 7.87. The van der Waals surface area contributed by atoms with Crippen LogP contribution in [-0.2, 0) is 14.3 Å². The van der Waals surface area contributed by atoms with Crippen molar-refractivity contribution >= 4 is 11.6 Å². The van der Waals surface area contributed by atoms with Gasteiger partial charge in [-0.1, -0.05) is 0 Å². The zero-order chi connectivity index (χ0) is 9.68. The van der Waals surface area contributed by atoms with E-state index in [0.717, 1.165) is 18.9 Å². The number of ether oxygens (including phenoxy) is 2. The summed E-state index contributed by atoms with van der Waals surface area (Å²) in [7, 11) is 2.88. The monoisotopic (exact) mass is 186 g/mol. The van der Waals surface area contributed by atoms with Crippen molar-refractivity contribution in [1.29, 1.82) is 0 Å². The Morgan fingerprint density at radius 3 is 2.77 bits per heavy atom. The molecule has 1 N–H and O–H groups in total. The Balaban J connectivity index is 2.39. The number of carbonyl (C=O) groups excluding carboxylic acids is 1. The molecule has 1 aliphatic rings. The molecule has 0 radical (unpaired) electrons. The SMILES string of the molecule is COC(OC)C(=O)CC1=NCCN1. The summed E-state index contributed by atoms with van der Waals surface area (Å²) in [6, 6.07) is 0. The van der Waals surface area contributed by atoms with Gasteiger partial charge in [0.05, 0.1) is 13.0 Å². The smallest absolute Gasteiger partial charge is 0.217 e. The molecule has 0 bridgehead atoms. The Labute approximate surface area is 77.1 Å². The number of ketones is 1. The third-order valence-electron chi connectivity index (χ3n) is 1.78. The molecule has 0 fully saturated rings. The number of hydrogen-bond acceptors (Lipinski definition) is 5. The van der Waals surface area contributed by atoms with Crippen LogP contribution in [0.25, 0.3) is 0 Å². The number of methoxy groups -OCH3 is 2. The second kappa shape index (κ2) is 4.94. The Morgan fingerprint density at radius 2 is 2.31 bits per heavy atom. The van der Waals surface area contributed by atoms with Crippen molar-refractivity contribution < 1.29 is 14.3 Å². The standard InChI is InChI=1S/C8H14N2O3/c1-12-8(13-2)6(11)5-7-9-3-4-10-7/h8H,3-5H2,1-2H3,(H,9,10). The molecule has 0 aromatic carbocycles. The molecule has 5 nitrogen and oxygen atoms in total. The molecule has 0 atom stereocenters. The third-order valence-corrected chi connectivity index (χ3v) is 1.78. The maximum atomic E-state index is 11.4. The van der Waals surface area contributed by atoms with Gasteiger partial charge in [-0.15, -0.1) is 0 Å². The molecule has 0 saturated carbocycles. The molecular formula is C8H14N2O3. The number of carbonyl (C=O) groups is 1. The predicted molar refractivity (Wildman–Crippen MR) is 47.7 cm³/mol. The van der Waals surface area contributed by atoms with Crippen LogP contribution in [0.4, 0.5) is 0 Å². The van der Waals surface area contributed by atoms with E-state index in [1.165, 1.54) is 14.2 Å². The number of nitrogens with one attached hydrogen (secondary N) is 1. The van der Waals surface area contributed by atoms with Crippen molar-refractivity contribution in [2.45, 2.75) is 12.7 Å². The molecule has 1 rings (SSSR count). The van der Waals surface area contributed by atoms with Gasteiger partial charge in [0.25, 0.3) is 0 Å². The van der Waals surface area contributed by atoms with Gasteiger partial charge in [-0.05, 0) is 0 Å². The van der Waals surface area contributed by atoms with Crippen LogP contribution in [0.3, 0.4) is 0 Å². The number of rotatable bonds is 5. The highest BCUT2D eigenvalue weighted by Crippen LogP contribution is 2.00. The van der Waals surface area contributed by atoms with Crippen molar-refractivity contribution in [2.24, 2.45) is 4.99 Å². The Morgan fingerprint density at radius 1 is 1.62 bits per heavy atom. The van der Waals surface area contributed by atoms with E-state index >= 15 is 0 Å². The topological polar surface area (TPSA) is 59.9 Å². The van der Waals surface area contributed by atoms with Crippen LogP contribution in [0.1, 0.15) is 6.42 Å². The first-order valence-electron chi connectivity index (χ1n) is 4.13. The van der Waals surface area contributed by atoms with E-state index in [-0.39, 0.29) is 12.2 Å². The minimum Gasteiger partial charge on any atom is -0.372 e. The van der Waals surface area contributed by atoms with Gasteiger partial charge in [0.15, 0.2) is 5.78 Å². The highest BCUT2D eigenvalue weighted by Gasteiger charge is 2.19. The van der Waals surface area contributed by atoms with Crippen LogP contribution in [0.5, 0.6) is 0 Å². The fraction of sp³-hybridized carbons (Fsp3) is 0.750. The number of aliphatic imine (C=N–C) groups is 1. The Kier molecular flexibility index (Phi) is 3.85. The van der Waals surface area contributed by atoms with Gasteiger partial charge in [-0.3, -0.25) is 9.79 Å².